The van der Waals surface area contributed by atoms with Crippen LogP contribution in [0.3, 0.4) is 0 Å². The van der Waals surface area contributed by atoms with Gasteiger partial charge in [-0.2, -0.15) is 0 Å². The highest BCUT2D eigenvalue weighted by molar-refractivity contribution is 7.85. The van der Waals surface area contributed by atoms with Gasteiger partial charge in [-0.15, -0.1) is 0 Å². The van der Waals surface area contributed by atoms with Gasteiger partial charge in [0.25, 0.3) is 0 Å². The molecule has 6 heteroatoms. The van der Waals surface area contributed by atoms with E-state index < -0.39 is 22.9 Å². The van der Waals surface area contributed by atoms with Gasteiger partial charge in [0, 0.05) is 21.6 Å². The molecule has 2 rings (SSSR count). The Balaban J connectivity index is 1.99. The summed E-state index contributed by atoms with van der Waals surface area (Å²) in [6, 6.07) is 15.7. The summed E-state index contributed by atoms with van der Waals surface area (Å²) >= 11 is 5.86. The zero-order valence-corrected chi connectivity index (χ0v) is 16.3. The van der Waals surface area contributed by atoms with Crippen LogP contribution in [0.2, 0.25) is 5.02 Å². The predicted octanol–water partition coefficient (Wildman–Crippen LogP) is 4.49. The first-order chi connectivity index (χ1) is 12.6. The number of esters is 1. The first kappa shape index (κ1) is 20.5. The smallest absolute Gasteiger partial charge is 0.338 e. The summed E-state index contributed by atoms with van der Waals surface area (Å²) in [5.41, 5.74) is 0.461. The SMILES string of the molecule is CCCC[S@](=O)C[C@H](COc1ccc(Cl)cc1)OC(=O)c1ccccc1. The van der Waals surface area contributed by atoms with Gasteiger partial charge in [0.1, 0.15) is 18.5 Å². The molecule has 0 aliphatic rings. The third-order valence-electron chi connectivity index (χ3n) is 3.63. The zero-order chi connectivity index (χ0) is 18.8. The Kier molecular flexibility index (Phi) is 8.65. The van der Waals surface area contributed by atoms with Crippen molar-refractivity contribution in [3.63, 3.8) is 0 Å². The summed E-state index contributed by atoms with van der Waals surface area (Å²) in [5.74, 6) is 1.03. The minimum atomic E-state index is -1.06. The minimum absolute atomic E-state index is 0.137. The number of benzene rings is 2. The van der Waals surface area contributed by atoms with Gasteiger partial charge in [-0.1, -0.05) is 43.1 Å². The summed E-state index contributed by atoms with van der Waals surface area (Å²) in [6.07, 6.45) is 1.27. The minimum Gasteiger partial charge on any atom is -0.490 e. The molecule has 26 heavy (non-hydrogen) atoms. The molecule has 0 saturated heterocycles. The maximum Gasteiger partial charge on any atom is 0.338 e. The molecular weight excluding hydrogens is 372 g/mol. The Labute approximate surface area is 161 Å². The van der Waals surface area contributed by atoms with E-state index in [1.807, 2.05) is 13.0 Å². The second-order valence-electron chi connectivity index (χ2n) is 5.82. The lowest BCUT2D eigenvalue weighted by Crippen LogP contribution is -2.31. The predicted molar refractivity (Wildman–Crippen MR) is 105 cm³/mol. The largest absolute Gasteiger partial charge is 0.490 e. The molecule has 0 fully saturated rings. The van der Waals surface area contributed by atoms with Gasteiger partial charge in [-0.25, -0.2) is 4.79 Å². The Morgan fingerprint density at radius 2 is 1.81 bits per heavy atom. The van der Waals surface area contributed by atoms with E-state index in [1.165, 1.54) is 0 Å². The number of carbonyl (C=O) groups excluding carboxylic acids is 1. The molecule has 0 amide bonds. The standard InChI is InChI=1S/C20H23ClO4S/c1-2-3-13-26(23)15-19(14-24-18-11-9-17(21)10-12-18)25-20(22)16-7-5-4-6-8-16/h4-12,19H,2-3,13-15H2,1H3/t19-,26-/m0/s1. The molecule has 0 saturated carbocycles. The molecule has 0 radical (unpaired) electrons. The molecule has 0 N–H and O–H groups in total. The molecule has 140 valence electrons. The van der Waals surface area contributed by atoms with Gasteiger partial charge in [0.15, 0.2) is 0 Å². The fraction of sp³-hybridized carbons (Fsp3) is 0.350. The summed E-state index contributed by atoms with van der Waals surface area (Å²) in [4.78, 5) is 12.3. The van der Waals surface area contributed by atoms with Crippen LogP contribution in [-0.4, -0.2) is 34.4 Å². The van der Waals surface area contributed by atoms with E-state index in [0.717, 1.165) is 12.8 Å². The lowest BCUT2D eigenvalue weighted by Gasteiger charge is -2.18. The zero-order valence-electron chi connectivity index (χ0n) is 14.7. The highest BCUT2D eigenvalue weighted by atomic mass is 35.5. The van der Waals surface area contributed by atoms with Crippen LogP contribution in [0.5, 0.6) is 5.75 Å². The highest BCUT2D eigenvalue weighted by Gasteiger charge is 2.19. The van der Waals surface area contributed by atoms with Gasteiger partial charge in [-0.05, 0) is 42.8 Å². The van der Waals surface area contributed by atoms with Crippen LogP contribution in [0.15, 0.2) is 54.6 Å². The molecule has 0 unspecified atom stereocenters. The van der Waals surface area contributed by atoms with Crippen molar-refractivity contribution in [2.45, 2.75) is 25.9 Å². The summed E-state index contributed by atoms with van der Waals surface area (Å²) in [6.45, 7) is 2.19. The Morgan fingerprint density at radius 3 is 2.46 bits per heavy atom. The number of rotatable bonds is 10. The van der Waals surface area contributed by atoms with Crippen molar-refractivity contribution >= 4 is 28.4 Å². The third-order valence-corrected chi connectivity index (χ3v) is 5.37. The van der Waals surface area contributed by atoms with E-state index in [4.69, 9.17) is 21.1 Å². The van der Waals surface area contributed by atoms with Crippen molar-refractivity contribution in [3.8, 4) is 5.75 Å². The van der Waals surface area contributed by atoms with Crippen LogP contribution in [0.4, 0.5) is 0 Å². The summed E-state index contributed by atoms with van der Waals surface area (Å²) in [5, 5.41) is 0.616. The first-order valence-electron chi connectivity index (χ1n) is 8.58. The fourth-order valence-corrected chi connectivity index (χ4v) is 3.71. The van der Waals surface area contributed by atoms with E-state index in [0.29, 0.717) is 22.1 Å². The van der Waals surface area contributed by atoms with E-state index in [2.05, 4.69) is 0 Å². The Hall–Kier alpha value is -1.85. The van der Waals surface area contributed by atoms with Gasteiger partial charge >= 0.3 is 5.97 Å². The number of halogens is 1. The number of carbonyl (C=O) groups is 1. The summed E-state index contributed by atoms with van der Waals surface area (Å²) < 4.78 is 23.5. The molecule has 0 aliphatic heterocycles. The topological polar surface area (TPSA) is 52.6 Å². The first-order valence-corrected chi connectivity index (χ1v) is 10.4. The fourth-order valence-electron chi connectivity index (χ4n) is 2.23. The van der Waals surface area contributed by atoms with Crippen LogP contribution in [-0.2, 0) is 15.5 Å². The van der Waals surface area contributed by atoms with E-state index in [-0.39, 0.29) is 12.4 Å². The quantitative estimate of drug-likeness (QED) is 0.557. The molecule has 2 aromatic carbocycles. The monoisotopic (exact) mass is 394 g/mol. The van der Waals surface area contributed by atoms with Crippen LogP contribution in [0, 0.1) is 0 Å². The molecule has 0 heterocycles. The van der Waals surface area contributed by atoms with Crippen LogP contribution < -0.4 is 4.74 Å². The average Bonchev–Trinajstić information content (AvgIpc) is 2.66. The highest BCUT2D eigenvalue weighted by Crippen LogP contribution is 2.16. The normalized spacial score (nSPS) is 13.0. The molecule has 4 nitrogen and oxygen atoms in total. The number of ether oxygens (including phenoxy) is 2. The van der Waals surface area contributed by atoms with Crippen molar-refractivity contribution in [1.82, 2.24) is 0 Å². The van der Waals surface area contributed by atoms with Gasteiger partial charge in [-0.3, -0.25) is 4.21 Å². The van der Waals surface area contributed by atoms with E-state index in [9.17, 15) is 9.00 Å². The van der Waals surface area contributed by atoms with Gasteiger partial charge in [0.2, 0.25) is 0 Å². The van der Waals surface area contributed by atoms with Crippen molar-refractivity contribution in [2.75, 3.05) is 18.1 Å². The summed E-state index contributed by atoms with van der Waals surface area (Å²) in [7, 11) is -1.06. The van der Waals surface area contributed by atoms with Crippen molar-refractivity contribution in [3.05, 3.63) is 65.2 Å². The van der Waals surface area contributed by atoms with Crippen molar-refractivity contribution < 1.29 is 18.5 Å². The Morgan fingerprint density at radius 1 is 1.12 bits per heavy atom. The maximum absolute atomic E-state index is 12.3. The van der Waals surface area contributed by atoms with Gasteiger partial charge in [0.05, 0.1) is 11.3 Å². The van der Waals surface area contributed by atoms with E-state index >= 15 is 0 Å². The maximum atomic E-state index is 12.3. The van der Waals surface area contributed by atoms with Crippen molar-refractivity contribution in [1.29, 1.82) is 0 Å². The molecular formula is C20H23ClO4S. The van der Waals surface area contributed by atoms with E-state index in [1.54, 1.807) is 48.5 Å². The Bertz CT molecular complexity index is 704. The van der Waals surface area contributed by atoms with Crippen LogP contribution in [0.1, 0.15) is 30.1 Å². The molecule has 0 aliphatic carbocycles. The number of hydrogen-bond acceptors (Lipinski definition) is 4. The number of hydrogen-bond donors (Lipinski definition) is 0. The lowest BCUT2D eigenvalue weighted by atomic mass is 10.2. The number of unbranched alkanes of at least 4 members (excludes halogenated alkanes) is 1. The molecule has 2 atom stereocenters. The second kappa shape index (κ2) is 11.0. The third kappa shape index (κ3) is 7.18. The van der Waals surface area contributed by atoms with Crippen LogP contribution >= 0.6 is 11.6 Å². The molecule has 0 bridgehead atoms. The van der Waals surface area contributed by atoms with Crippen molar-refractivity contribution in [2.24, 2.45) is 0 Å². The average molecular weight is 395 g/mol. The van der Waals surface area contributed by atoms with Crippen LogP contribution in [0.25, 0.3) is 0 Å². The lowest BCUT2D eigenvalue weighted by molar-refractivity contribution is 0.0239. The molecule has 0 aromatic heterocycles. The van der Waals surface area contributed by atoms with Gasteiger partial charge < -0.3 is 9.47 Å². The molecule has 0 spiro atoms. The molecule has 2 aromatic rings. The second-order valence-corrected chi connectivity index (χ2v) is 7.88.